The van der Waals surface area contributed by atoms with Crippen LogP contribution in [0.1, 0.15) is 5.56 Å². The molecule has 0 unspecified atom stereocenters. The Hall–Kier alpha value is -3.23. The van der Waals surface area contributed by atoms with Gasteiger partial charge in [-0.2, -0.15) is 0 Å². The zero-order valence-corrected chi connectivity index (χ0v) is 10.6. The topological polar surface area (TPSA) is 152 Å². The first kappa shape index (κ1) is 14.2. The molecule has 1 aromatic heterocycles. The standard InChI is InChI=1S/C12H10N4O5/c13-10-8(5-9(17)18)12(19)15-11(14-10)6-1-3-7(4-2-6)16(20)21/h1-4H,5H2,(H,17,18)(H3,13,14,15,19). The van der Waals surface area contributed by atoms with Crippen LogP contribution in [0.15, 0.2) is 29.1 Å². The van der Waals surface area contributed by atoms with Crippen LogP contribution in [-0.4, -0.2) is 26.0 Å². The lowest BCUT2D eigenvalue weighted by molar-refractivity contribution is -0.384. The Balaban J connectivity index is 2.44. The predicted octanol–water partition coefficient (Wildman–Crippen LogP) is 0.554. The largest absolute Gasteiger partial charge is 0.481 e. The Morgan fingerprint density at radius 2 is 2.00 bits per heavy atom. The number of anilines is 1. The maximum absolute atomic E-state index is 11.8. The fourth-order valence-electron chi connectivity index (χ4n) is 1.71. The summed E-state index contributed by atoms with van der Waals surface area (Å²) in [6.45, 7) is 0. The summed E-state index contributed by atoms with van der Waals surface area (Å²) in [6, 6.07) is 5.34. The first-order valence-electron chi connectivity index (χ1n) is 5.73. The van der Waals surface area contributed by atoms with Crippen molar-refractivity contribution in [3.8, 4) is 11.4 Å². The minimum Gasteiger partial charge on any atom is -0.481 e. The van der Waals surface area contributed by atoms with Crippen molar-refractivity contribution in [3.05, 3.63) is 50.3 Å². The number of aromatic nitrogens is 2. The molecule has 2 rings (SSSR count). The number of H-pyrrole nitrogens is 1. The lowest BCUT2D eigenvalue weighted by Gasteiger charge is -2.05. The number of aliphatic carboxylic acids is 1. The first-order valence-corrected chi connectivity index (χ1v) is 5.73. The maximum Gasteiger partial charge on any atom is 0.308 e. The van der Waals surface area contributed by atoms with Gasteiger partial charge in [0, 0.05) is 17.7 Å². The molecule has 0 atom stereocenters. The molecular weight excluding hydrogens is 280 g/mol. The molecule has 2 aromatic rings. The summed E-state index contributed by atoms with van der Waals surface area (Å²) in [5.74, 6) is -1.27. The van der Waals surface area contributed by atoms with Crippen molar-refractivity contribution in [1.82, 2.24) is 9.97 Å². The van der Waals surface area contributed by atoms with E-state index in [9.17, 15) is 19.7 Å². The highest BCUT2D eigenvalue weighted by molar-refractivity contribution is 5.72. The Labute approximate surface area is 117 Å². The summed E-state index contributed by atoms with van der Waals surface area (Å²) in [6.07, 6.45) is -0.533. The zero-order valence-electron chi connectivity index (χ0n) is 10.6. The van der Waals surface area contributed by atoms with E-state index in [4.69, 9.17) is 10.8 Å². The van der Waals surface area contributed by atoms with Crippen LogP contribution in [-0.2, 0) is 11.2 Å². The van der Waals surface area contributed by atoms with Crippen LogP contribution in [0.3, 0.4) is 0 Å². The van der Waals surface area contributed by atoms with E-state index in [-0.39, 0.29) is 22.9 Å². The Morgan fingerprint density at radius 3 is 2.48 bits per heavy atom. The van der Waals surface area contributed by atoms with Crippen molar-refractivity contribution >= 4 is 17.5 Å². The van der Waals surface area contributed by atoms with Crippen molar-refractivity contribution in [1.29, 1.82) is 0 Å². The number of hydrogen-bond donors (Lipinski definition) is 3. The smallest absolute Gasteiger partial charge is 0.308 e. The number of nitrogens with two attached hydrogens (primary N) is 1. The van der Waals surface area contributed by atoms with E-state index in [2.05, 4.69) is 9.97 Å². The lowest BCUT2D eigenvalue weighted by atomic mass is 10.1. The van der Waals surface area contributed by atoms with Crippen molar-refractivity contribution in [2.75, 3.05) is 5.73 Å². The number of carbonyl (C=O) groups is 1. The molecule has 0 fully saturated rings. The number of nitrogen functional groups attached to an aromatic ring is 1. The summed E-state index contributed by atoms with van der Waals surface area (Å²) in [5.41, 5.74) is 5.12. The molecule has 9 nitrogen and oxygen atoms in total. The Morgan fingerprint density at radius 1 is 1.38 bits per heavy atom. The third-order valence-electron chi connectivity index (χ3n) is 2.73. The molecule has 0 bridgehead atoms. The Bertz CT molecular complexity index is 766. The molecular formula is C12H10N4O5. The summed E-state index contributed by atoms with van der Waals surface area (Å²) < 4.78 is 0. The predicted molar refractivity (Wildman–Crippen MR) is 72.7 cm³/mol. The third-order valence-corrected chi connectivity index (χ3v) is 2.73. The normalized spacial score (nSPS) is 10.3. The van der Waals surface area contributed by atoms with Gasteiger partial charge in [-0.25, -0.2) is 4.98 Å². The van der Waals surface area contributed by atoms with E-state index in [0.717, 1.165) is 0 Å². The van der Waals surface area contributed by atoms with Gasteiger partial charge in [-0.1, -0.05) is 0 Å². The van der Waals surface area contributed by atoms with E-state index < -0.39 is 22.9 Å². The number of aromatic amines is 1. The maximum atomic E-state index is 11.8. The average Bonchev–Trinajstić information content (AvgIpc) is 2.42. The molecule has 0 spiro atoms. The van der Waals surface area contributed by atoms with E-state index in [0.29, 0.717) is 5.56 Å². The summed E-state index contributed by atoms with van der Waals surface area (Å²) in [7, 11) is 0. The molecule has 0 aliphatic rings. The van der Waals surface area contributed by atoms with Crippen LogP contribution in [0.5, 0.6) is 0 Å². The number of carboxylic acids is 1. The summed E-state index contributed by atoms with van der Waals surface area (Å²) >= 11 is 0. The number of hydrogen-bond acceptors (Lipinski definition) is 6. The van der Waals surface area contributed by atoms with Gasteiger partial charge in [0.15, 0.2) is 0 Å². The second-order valence-electron chi connectivity index (χ2n) is 4.15. The number of carboxylic acid groups (broad SMARTS) is 1. The van der Waals surface area contributed by atoms with Gasteiger partial charge >= 0.3 is 5.97 Å². The second kappa shape index (κ2) is 5.41. The van der Waals surface area contributed by atoms with Crippen molar-refractivity contribution in [2.45, 2.75) is 6.42 Å². The van der Waals surface area contributed by atoms with Gasteiger partial charge in [0.2, 0.25) is 0 Å². The van der Waals surface area contributed by atoms with Gasteiger partial charge in [0.25, 0.3) is 11.2 Å². The van der Waals surface area contributed by atoms with Crippen LogP contribution in [0.4, 0.5) is 11.5 Å². The van der Waals surface area contributed by atoms with Crippen LogP contribution >= 0.6 is 0 Å². The highest BCUT2D eigenvalue weighted by atomic mass is 16.6. The van der Waals surface area contributed by atoms with Crippen LogP contribution in [0, 0.1) is 10.1 Å². The minimum atomic E-state index is -1.20. The number of non-ortho nitro benzene ring substituents is 1. The number of nitrogens with one attached hydrogen (secondary N) is 1. The average molecular weight is 290 g/mol. The molecule has 1 heterocycles. The monoisotopic (exact) mass is 290 g/mol. The molecule has 0 amide bonds. The van der Waals surface area contributed by atoms with Crippen LogP contribution in [0.25, 0.3) is 11.4 Å². The highest BCUT2D eigenvalue weighted by Gasteiger charge is 2.14. The molecule has 108 valence electrons. The fraction of sp³-hybridized carbons (Fsp3) is 0.0833. The molecule has 0 aliphatic carbocycles. The van der Waals surface area contributed by atoms with E-state index in [1.54, 1.807) is 0 Å². The number of nitro groups is 1. The van der Waals surface area contributed by atoms with E-state index >= 15 is 0 Å². The number of nitro benzene ring substituents is 1. The quantitative estimate of drug-likeness (QED) is 0.549. The molecule has 4 N–H and O–H groups in total. The molecule has 21 heavy (non-hydrogen) atoms. The van der Waals surface area contributed by atoms with Gasteiger partial charge in [-0.05, 0) is 12.1 Å². The van der Waals surface area contributed by atoms with Gasteiger partial charge in [0.05, 0.1) is 16.9 Å². The number of nitrogens with zero attached hydrogens (tertiary/aromatic N) is 2. The van der Waals surface area contributed by atoms with Crippen molar-refractivity contribution in [2.24, 2.45) is 0 Å². The SMILES string of the molecule is Nc1nc(-c2ccc([N+](=O)[O-])cc2)[nH]c(=O)c1CC(=O)O. The first-order chi connectivity index (χ1) is 9.88. The Kier molecular flexibility index (Phi) is 3.65. The number of rotatable bonds is 4. The minimum absolute atomic E-state index is 0.100. The molecule has 1 aromatic carbocycles. The fourth-order valence-corrected chi connectivity index (χ4v) is 1.71. The summed E-state index contributed by atoms with van der Waals surface area (Å²) in [5, 5.41) is 19.2. The summed E-state index contributed by atoms with van der Waals surface area (Å²) in [4.78, 5) is 38.8. The molecule has 0 radical (unpaired) electrons. The van der Waals surface area contributed by atoms with Gasteiger partial charge < -0.3 is 15.8 Å². The van der Waals surface area contributed by atoms with E-state index in [1.165, 1.54) is 24.3 Å². The number of benzene rings is 1. The molecule has 0 saturated heterocycles. The van der Waals surface area contributed by atoms with Crippen molar-refractivity contribution in [3.63, 3.8) is 0 Å². The molecule has 0 saturated carbocycles. The van der Waals surface area contributed by atoms with Crippen molar-refractivity contribution < 1.29 is 14.8 Å². The highest BCUT2D eigenvalue weighted by Crippen LogP contribution is 2.19. The third kappa shape index (κ3) is 3.03. The molecule has 0 aliphatic heterocycles. The zero-order chi connectivity index (χ0) is 15.6. The molecule has 9 heteroatoms. The van der Waals surface area contributed by atoms with Gasteiger partial charge in [-0.15, -0.1) is 0 Å². The van der Waals surface area contributed by atoms with Gasteiger partial charge in [0.1, 0.15) is 11.6 Å². The van der Waals surface area contributed by atoms with Crippen LogP contribution in [0.2, 0.25) is 0 Å². The second-order valence-corrected chi connectivity index (χ2v) is 4.15. The lowest BCUT2D eigenvalue weighted by Crippen LogP contribution is -2.21. The van der Waals surface area contributed by atoms with Gasteiger partial charge in [-0.3, -0.25) is 19.7 Å². The van der Waals surface area contributed by atoms with E-state index in [1.807, 2.05) is 0 Å². The van der Waals surface area contributed by atoms with Crippen LogP contribution < -0.4 is 11.3 Å².